The second-order valence-electron chi connectivity index (χ2n) is 4.15. The molecule has 1 aliphatic rings. The van der Waals surface area contributed by atoms with Crippen molar-refractivity contribution < 1.29 is 0 Å². The second kappa shape index (κ2) is 4.42. The van der Waals surface area contributed by atoms with Crippen LogP contribution in [0.1, 0.15) is 12.8 Å². The van der Waals surface area contributed by atoms with Gasteiger partial charge in [0.25, 0.3) is 0 Å². The highest BCUT2D eigenvalue weighted by Gasteiger charge is 2.00. The monoisotopic (exact) mass is 222 g/mol. The third kappa shape index (κ3) is 2.21. The number of aromatic nitrogens is 1. The van der Waals surface area contributed by atoms with Gasteiger partial charge in [0.2, 0.25) is 0 Å². The first-order chi connectivity index (χ1) is 8.42. The molecular formula is C15H14N2. The SMILES string of the molecule is C1=CC(Nc2ccc3ccccc3n2)=CCC1. The maximum atomic E-state index is 4.58. The van der Waals surface area contributed by atoms with Crippen molar-refractivity contribution in [3.05, 3.63) is 60.3 Å². The Morgan fingerprint density at radius 1 is 1.00 bits per heavy atom. The molecule has 0 radical (unpaired) electrons. The van der Waals surface area contributed by atoms with Gasteiger partial charge in [-0.1, -0.05) is 30.4 Å². The van der Waals surface area contributed by atoms with Crippen molar-refractivity contribution in [3.63, 3.8) is 0 Å². The first-order valence-electron chi connectivity index (χ1n) is 5.91. The lowest BCUT2D eigenvalue weighted by Gasteiger charge is -2.10. The van der Waals surface area contributed by atoms with Gasteiger partial charge in [-0.15, -0.1) is 0 Å². The number of nitrogens with zero attached hydrogens (tertiary/aromatic N) is 1. The number of rotatable bonds is 2. The number of anilines is 1. The molecule has 0 atom stereocenters. The number of pyridine rings is 1. The van der Waals surface area contributed by atoms with Crippen molar-refractivity contribution in [1.82, 2.24) is 4.98 Å². The Balaban J connectivity index is 1.90. The molecule has 0 saturated heterocycles. The maximum absolute atomic E-state index is 4.58. The van der Waals surface area contributed by atoms with Crippen LogP contribution in [0.2, 0.25) is 0 Å². The van der Waals surface area contributed by atoms with Gasteiger partial charge < -0.3 is 5.32 Å². The normalized spacial score (nSPS) is 14.7. The van der Waals surface area contributed by atoms with E-state index in [4.69, 9.17) is 0 Å². The highest BCUT2D eigenvalue weighted by atomic mass is 15.0. The molecule has 0 bridgehead atoms. The van der Waals surface area contributed by atoms with Gasteiger partial charge >= 0.3 is 0 Å². The molecule has 0 fully saturated rings. The van der Waals surface area contributed by atoms with Gasteiger partial charge in [0.05, 0.1) is 5.52 Å². The van der Waals surface area contributed by atoms with Crippen molar-refractivity contribution in [2.24, 2.45) is 0 Å². The molecule has 3 rings (SSSR count). The predicted octanol–water partition coefficient (Wildman–Crippen LogP) is 3.88. The van der Waals surface area contributed by atoms with E-state index >= 15 is 0 Å². The lowest BCUT2D eigenvalue weighted by atomic mass is 10.1. The average Bonchev–Trinajstić information content (AvgIpc) is 2.40. The third-order valence-corrected chi connectivity index (χ3v) is 2.87. The molecular weight excluding hydrogens is 208 g/mol. The van der Waals surface area contributed by atoms with Crippen LogP contribution in [0.5, 0.6) is 0 Å². The van der Waals surface area contributed by atoms with Crippen molar-refractivity contribution in [3.8, 4) is 0 Å². The quantitative estimate of drug-likeness (QED) is 0.834. The molecule has 84 valence electrons. The molecule has 1 aliphatic carbocycles. The first-order valence-corrected chi connectivity index (χ1v) is 5.91. The Labute approximate surface area is 101 Å². The molecule has 1 N–H and O–H groups in total. The Hall–Kier alpha value is -2.09. The fraction of sp³-hybridized carbons (Fsp3) is 0.133. The molecule has 1 aromatic carbocycles. The van der Waals surface area contributed by atoms with Crippen LogP contribution in [0.25, 0.3) is 10.9 Å². The molecule has 0 amide bonds. The summed E-state index contributed by atoms with van der Waals surface area (Å²) >= 11 is 0. The smallest absolute Gasteiger partial charge is 0.131 e. The van der Waals surface area contributed by atoms with Crippen molar-refractivity contribution in [2.45, 2.75) is 12.8 Å². The molecule has 1 aromatic heterocycles. The van der Waals surface area contributed by atoms with E-state index < -0.39 is 0 Å². The molecule has 2 heteroatoms. The number of hydrogen-bond acceptors (Lipinski definition) is 2. The summed E-state index contributed by atoms with van der Waals surface area (Å²) < 4.78 is 0. The van der Waals surface area contributed by atoms with Crippen LogP contribution in [0.15, 0.2) is 60.3 Å². The lowest BCUT2D eigenvalue weighted by Crippen LogP contribution is -2.00. The highest BCUT2D eigenvalue weighted by molar-refractivity contribution is 5.80. The zero-order valence-electron chi connectivity index (χ0n) is 9.56. The number of fused-ring (bicyclic) bond motifs is 1. The van der Waals surface area contributed by atoms with Gasteiger partial charge in [-0.2, -0.15) is 0 Å². The fourth-order valence-electron chi connectivity index (χ4n) is 1.99. The fourth-order valence-corrected chi connectivity index (χ4v) is 1.99. The van der Waals surface area contributed by atoms with E-state index in [1.165, 1.54) is 5.39 Å². The van der Waals surface area contributed by atoms with E-state index in [0.29, 0.717) is 0 Å². The van der Waals surface area contributed by atoms with E-state index in [9.17, 15) is 0 Å². The van der Waals surface area contributed by atoms with E-state index in [1.807, 2.05) is 24.3 Å². The molecule has 1 heterocycles. The Morgan fingerprint density at radius 3 is 2.82 bits per heavy atom. The van der Waals surface area contributed by atoms with Crippen molar-refractivity contribution in [2.75, 3.05) is 5.32 Å². The summed E-state index contributed by atoms with van der Waals surface area (Å²) in [6.07, 6.45) is 8.74. The minimum atomic E-state index is 0.904. The second-order valence-corrected chi connectivity index (χ2v) is 4.15. The summed E-state index contributed by atoms with van der Waals surface area (Å²) in [6.45, 7) is 0. The van der Waals surface area contributed by atoms with Crippen LogP contribution in [0.4, 0.5) is 5.82 Å². The number of allylic oxidation sites excluding steroid dienone is 3. The summed E-state index contributed by atoms with van der Waals surface area (Å²) in [5.41, 5.74) is 2.16. The summed E-state index contributed by atoms with van der Waals surface area (Å²) in [4.78, 5) is 4.58. The highest BCUT2D eigenvalue weighted by Crippen LogP contribution is 2.17. The Bertz CT molecular complexity index is 597. The summed E-state index contributed by atoms with van der Waals surface area (Å²) in [5.74, 6) is 0.904. The van der Waals surface area contributed by atoms with E-state index in [0.717, 1.165) is 29.9 Å². The summed E-state index contributed by atoms with van der Waals surface area (Å²) in [6, 6.07) is 12.3. The van der Waals surface area contributed by atoms with Crippen LogP contribution < -0.4 is 5.32 Å². The van der Waals surface area contributed by atoms with Crippen LogP contribution in [-0.4, -0.2) is 4.98 Å². The predicted molar refractivity (Wildman–Crippen MR) is 71.8 cm³/mol. The Morgan fingerprint density at radius 2 is 1.94 bits per heavy atom. The minimum Gasteiger partial charge on any atom is -0.341 e. The van der Waals surface area contributed by atoms with Gasteiger partial charge in [0, 0.05) is 11.1 Å². The molecule has 0 unspecified atom stereocenters. The number of para-hydroxylation sites is 1. The molecule has 2 aromatic rings. The molecule has 17 heavy (non-hydrogen) atoms. The zero-order valence-corrected chi connectivity index (χ0v) is 9.56. The van der Waals surface area contributed by atoms with Gasteiger partial charge in [-0.3, -0.25) is 0 Å². The minimum absolute atomic E-state index is 0.904. The van der Waals surface area contributed by atoms with Crippen LogP contribution in [0.3, 0.4) is 0 Å². The topological polar surface area (TPSA) is 24.9 Å². The van der Waals surface area contributed by atoms with Crippen LogP contribution in [0, 0.1) is 0 Å². The maximum Gasteiger partial charge on any atom is 0.131 e. The van der Waals surface area contributed by atoms with Gasteiger partial charge in [0.1, 0.15) is 5.82 Å². The van der Waals surface area contributed by atoms with Crippen LogP contribution in [-0.2, 0) is 0 Å². The summed E-state index contributed by atoms with van der Waals surface area (Å²) in [7, 11) is 0. The molecule has 2 nitrogen and oxygen atoms in total. The lowest BCUT2D eigenvalue weighted by molar-refractivity contribution is 1.02. The summed E-state index contributed by atoms with van der Waals surface area (Å²) in [5, 5.41) is 4.51. The number of nitrogens with one attached hydrogen (secondary N) is 1. The average molecular weight is 222 g/mol. The number of benzene rings is 1. The van der Waals surface area contributed by atoms with Crippen LogP contribution >= 0.6 is 0 Å². The molecule has 0 saturated carbocycles. The van der Waals surface area contributed by atoms with E-state index in [1.54, 1.807) is 0 Å². The largest absolute Gasteiger partial charge is 0.341 e. The van der Waals surface area contributed by atoms with Crippen molar-refractivity contribution >= 4 is 16.7 Å². The van der Waals surface area contributed by atoms with Gasteiger partial charge in [0.15, 0.2) is 0 Å². The zero-order chi connectivity index (χ0) is 11.5. The first kappa shape index (κ1) is 10.1. The number of hydrogen-bond donors (Lipinski definition) is 1. The Kier molecular flexibility index (Phi) is 2.62. The van der Waals surface area contributed by atoms with Crippen molar-refractivity contribution in [1.29, 1.82) is 0 Å². The molecule has 0 aliphatic heterocycles. The standard InChI is InChI=1S/C15H14N2/c1-2-7-13(8-3-1)16-15-11-10-12-6-4-5-9-14(12)17-15/h2,4-11H,1,3H2,(H,16,17). The van der Waals surface area contributed by atoms with E-state index in [-0.39, 0.29) is 0 Å². The third-order valence-electron chi connectivity index (χ3n) is 2.87. The van der Waals surface area contributed by atoms with Gasteiger partial charge in [-0.25, -0.2) is 4.98 Å². The van der Waals surface area contributed by atoms with E-state index in [2.05, 4.69) is 40.7 Å². The van der Waals surface area contributed by atoms with Gasteiger partial charge in [-0.05, 0) is 37.1 Å². The molecule has 0 spiro atoms.